The van der Waals surface area contributed by atoms with Gasteiger partial charge in [0, 0.05) is 19.8 Å². The molecule has 2 rings (SSSR count). The van der Waals surface area contributed by atoms with Crippen molar-refractivity contribution in [2.75, 3.05) is 26.4 Å². The average molecular weight is 212 g/mol. The third kappa shape index (κ3) is 2.49. The predicted molar refractivity (Wildman–Crippen MR) is 57.3 cm³/mol. The fourth-order valence-corrected chi connectivity index (χ4v) is 2.26. The molecular weight excluding hydrogens is 192 g/mol. The maximum atomic E-state index is 11.8. The molecule has 0 aromatic heterocycles. The summed E-state index contributed by atoms with van der Waals surface area (Å²) >= 11 is 0. The molecule has 2 aliphatic heterocycles. The Bertz CT molecular complexity index is 227. The van der Waals surface area contributed by atoms with E-state index in [-0.39, 0.29) is 11.9 Å². The van der Waals surface area contributed by atoms with Gasteiger partial charge >= 0.3 is 0 Å². The van der Waals surface area contributed by atoms with Crippen LogP contribution in [0.25, 0.3) is 0 Å². The summed E-state index contributed by atoms with van der Waals surface area (Å²) in [6.45, 7) is 5.44. The molecule has 1 amide bonds. The lowest BCUT2D eigenvalue weighted by atomic mass is 10.1. The number of hydrogen-bond acceptors (Lipinski definition) is 3. The number of hydrogen-bond donors (Lipinski definition) is 1. The molecule has 2 aliphatic rings. The van der Waals surface area contributed by atoms with E-state index in [0.717, 1.165) is 45.7 Å². The molecule has 0 bridgehead atoms. The summed E-state index contributed by atoms with van der Waals surface area (Å²) < 4.78 is 5.32. The van der Waals surface area contributed by atoms with Gasteiger partial charge in [-0.05, 0) is 25.2 Å². The van der Waals surface area contributed by atoms with Crippen molar-refractivity contribution in [1.29, 1.82) is 0 Å². The quantitative estimate of drug-likeness (QED) is 0.741. The van der Waals surface area contributed by atoms with Crippen LogP contribution >= 0.6 is 0 Å². The maximum Gasteiger partial charge on any atom is 0.240 e. The van der Waals surface area contributed by atoms with Gasteiger partial charge in [0.2, 0.25) is 5.91 Å². The molecule has 2 heterocycles. The monoisotopic (exact) mass is 212 g/mol. The van der Waals surface area contributed by atoms with Crippen molar-refractivity contribution < 1.29 is 9.53 Å². The molecule has 0 aliphatic carbocycles. The Kier molecular flexibility index (Phi) is 3.59. The van der Waals surface area contributed by atoms with Crippen LogP contribution in [-0.2, 0) is 9.53 Å². The van der Waals surface area contributed by atoms with E-state index in [1.165, 1.54) is 0 Å². The van der Waals surface area contributed by atoms with Crippen LogP contribution in [0, 0.1) is 5.92 Å². The number of carbonyl (C=O) groups excluding carboxylic acids is 1. The van der Waals surface area contributed by atoms with Crippen LogP contribution in [0.4, 0.5) is 0 Å². The fraction of sp³-hybridized carbons (Fsp3) is 0.909. The summed E-state index contributed by atoms with van der Waals surface area (Å²) in [5, 5.41) is 3.23. The smallest absolute Gasteiger partial charge is 0.240 e. The normalized spacial score (nSPS) is 31.5. The van der Waals surface area contributed by atoms with E-state index in [2.05, 4.69) is 5.32 Å². The van der Waals surface area contributed by atoms with Gasteiger partial charge in [0.25, 0.3) is 0 Å². The number of carbonyl (C=O) groups is 1. The standard InChI is InChI=1S/C11H20N2O2/c1-2-10-11(14)13(8-12-10)5-3-9-4-6-15-7-9/h9-10,12H,2-8H2,1H3. The molecule has 86 valence electrons. The number of nitrogens with zero attached hydrogens (tertiary/aromatic N) is 1. The highest BCUT2D eigenvalue weighted by Crippen LogP contribution is 2.17. The van der Waals surface area contributed by atoms with Crippen molar-refractivity contribution >= 4 is 5.91 Å². The van der Waals surface area contributed by atoms with Crippen LogP contribution in [0.3, 0.4) is 0 Å². The maximum absolute atomic E-state index is 11.8. The molecule has 0 aromatic carbocycles. The molecule has 15 heavy (non-hydrogen) atoms. The Labute approximate surface area is 91.0 Å². The predicted octanol–water partition coefficient (Wildman–Crippen LogP) is 0.581. The van der Waals surface area contributed by atoms with Gasteiger partial charge in [-0.1, -0.05) is 6.92 Å². The molecule has 0 aromatic rings. The van der Waals surface area contributed by atoms with Crippen molar-refractivity contribution in [3.63, 3.8) is 0 Å². The Morgan fingerprint density at radius 1 is 1.60 bits per heavy atom. The molecule has 1 N–H and O–H groups in total. The van der Waals surface area contributed by atoms with Crippen LogP contribution in [0.5, 0.6) is 0 Å². The zero-order valence-corrected chi connectivity index (χ0v) is 9.37. The topological polar surface area (TPSA) is 41.6 Å². The average Bonchev–Trinajstić information content (AvgIpc) is 2.85. The second-order valence-corrected chi connectivity index (χ2v) is 4.44. The fourth-order valence-electron chi connectivity index (χ4n) is 2.26. The minimum atomic E-state index is 0.0600. The molecule has 2 atom stereocenters. The van der Waals surface area contributed by atoms with E-state index in [0.29, 0.717) is 5.92 Å². The Morgan fingerprint density at radius 2 is 2.47 bits per heavy atom. The van der Waals surface area contributed by atoms with E-state index in [1.807, 2.05) is 11.8 Å². The first-order chi connectivity index (χ1) is 7.31. The highest BCUT2D eigenvalue weighted by molar-refractivity contribution is 5.83. The van der Waals surface area contributed by atoms with Gasteiger partial charge < -0.3 is 9.64 Å². The van der Waals surface area contributed by atoms with E-state index in [9.17, 15) is 4.79 Å². The lowest BCUT2D eigenvalue weighted by Gasteiger charge is -2.17. The lowest BCUT2D eigenvalue weighted by Crippen LogP contribution is -2.31. The second-order valence-electron chi connectivity index (χ2n) is 4.44. The molecule has 0 spiro atoms. The SMILES string of the molecule is CCC1NCN(CCC2CCOC2)C1=O. The van der Waals surface area contributed by atoms with E-state index in [4.69, 9.17) is 4.74 Å². The number of rotatable bonds is 4. The highest BCUT2D eigenvalue weighted by Gasteiger charge is 2.29. The van der Waals surface area contributed by atoms with E-state index in [1.54, 1.807) is 0 Å². The van der Waals surface area contributed by atoms with Gasteiger partial charge in [-0.3, -0.25) is 10.1 Å². The summed E-state index contributed by atoms with van der Waals surface area (Å²) in [6, 6.07) is 0.0600. The number of amides is 1. The van der Waals surface area contributed by atoms with Crippen molar-refractivity contribution in [1.82, 2.24) is 10.2 Å². The van der Waals surface area contributed by atoms with Gasteiger partial charge in [-0.25, -0.2) is 0 Å². The molecule has 0 radical (unpaired) electrons. The van der Waals surface area contributed by atoms with Crippen LogP contribution in [0.1, 0.15) is 26.2 Å². The van der Waals surface area contributed by atoms with E-state index >= 15 is 0 Å². The van der Waals surface area contributed by atoms with Gasteiger partial charge in [-0.15, -0.1) is 0 Å². The number of nitrogens with one attached hydrogen (secondary N) is 1. The first kappa shape index (κ1) is 10.9. The first-order valence-corrected chi connectivity index (χ1v) is 5.91. The molecule has 2 unspecified atom stereocenters. The molecule has 4 heteroatoms. The van der Waals surface area contributed by atoms with E-state index < -0.39 is 0 Å². The van der Waals surface area contributed by atoms with Crippen molar-refractivity contribution in [3.8, 4) is 0 Å². The third-order valence-corrected chi connectivity index (χ3v) is 3.38. The summed E-state index contributed by atoms with van der Waals surface area (Å²) in [6.07, 6.45) is 3.14. The highest BCUT2D eigenvalue weighted by atomic mass is 16.5. The van der Waals surface area contributed by atoms with Gasteiger partial charge in [0.05, 0.1) is 12.7 Å². The molecular formula is C11H20N2O2. The lowest BCUT2D eigenvalue weighted by molar-refractivity contribution is -0.129. The Balaban J connectivity index is 1.73. The summed E-state index contributed by atoms with van der Waals surface area (Å²) in [7, 11) is 0. The van der Waals surface area contributed by atoms with Crippen molar-refractivity contribution in [2.45, 2.75) is 32.2 Å². The van der Waals surface area contributed by atoms with Crippen molar-refractivity contribution in [2.24, 2.45) is 5.92 Å². The van der Waals surface area contributed by atoms with Gasteiger partial charge in [0.15, 0.2) is 0 Å². The molecule has 2 fully saturated rings. The van der Waals surface area contributed by atoms with Crippen LogP contribution in [-0.4, -0.2) is 43.3 Å². The zero-order chi connectivity index (χ0) is 10.7. The minimum absolute atomic E-state index is 0.0600. The summed E-state index contributed by atoms with van der Waals surface area (Å²) in [5.41, 5.74) is 0. The summed E-state index contributed by atoms with van der Waals surface area (Å²) in [4.78, 5) is 13.7. The third-order valence-electron chi connectivity index (χ3n) is 3.38. The van der Waals surface area contributed by atoms with Crippen molar-refractivity contribution in [3.05, 3.63) is 0 Å². The Morgan fingerprint density at radius 3 is 3.07 bits per heavy atom. The van der Waals surface area contributed by atoms with Crippen LogP contribution < -0.4 is 5.32 Å². The molecule has 4 nitrogen and oxygen atoms in total. The largest absolute Gasteiger partial charge is 0.381 e. The molecule has 0 saturated carbocycles. The Hall–Kier alpha value is -0.610. The minimum Gasteiger partial charge on any atom is -0.381 e. The second kappa shape index (κ2) is 4.94. The van der Waals surface area contributed by atoms with Gasteiger partial charge in [-0.2, -0.15) is 0 Å². The van der Waals surface area contributed by atoms with Crippen LogP contribution in [0.15, 0.2) is 0 Å². The van der Waals surface area contributed by atoms with Gasteiger partial charge in [0.1, 0.15) is 0 Å². The van der Waals surface area contributed by atoms with Crippen LogP contribution in [0.2, 0.25) is 0 Å². The molecule has 2 saturated heterocycles. The number of ether oxygens (including phenoxy) is 1. The zero-order valence-electron chi connectivity index (χ0n) is 9.37. The summed E-state index contributed by atoms with van der Waals surface area (Å²) in [5.74, 6) is 0.940. The first-order valence-electron chi connectivity index (χ1n) is 5.91.